The van der Waals surface area contributed by atoms with Crippen LogP contribution >= 0.6 is 0 Å². The van der Waals surface area contributed by atoms with E-state index < -0.39 is 25.8 Å². The Morgan fingerprint density at radius 3 is 1.51 bits per heavy atom. The molecule has 4 aromatic heterocycles. The largest absolute Gasteiger partial charge is 0.495 e. The average Bonchev–Trinajstić information content (AvgIpc) is 3.09. The van der Waals surface area contributed by atoms with Gasteiger partial charge in [0.1, 0.15) is 23.9 Å². The van der Waals surface area contributed by atoms with Gasteiger partial charge >= 0.3 is 0 Å². The molecular weight excluding hydrogens is 837 g/mol. The maximum atomic E-state index is 11.2. The van der Waals surface area contributed by atoms with E-state index >= 15 is 0 Å². The van der Waals surface area contributed by atoms with Gasteiger partial charge in [-0.2, -0.15) is 0 Å². The van der Waals surface area contributed by atoms with E-state index in [2.05, 4.69) is 114 Å². The predicted octanol–water partition coefficient (Wildman–Crippen LogP) is 9.48. The number of anilines is 1. The molecule has 0 saturated carbocycles. The summed E-state index contributed by atoms with van der Waals surface area (Å²) in [6, 6.07) is 14.6. The molecule has 0 fully saturated rings. The smallest absolute Gasteiger partial charge is 0.267 e. The number of nitrogens with one attached hydrogen (secondary N) is 1. The van der Waals surface area contributed by atoms with Crippen LogP contribution in [-0.4, -0.2) is 68.4 Å². The van der Waals surface area contributed by atoms with Crippen LogP contribution in [0.1, 0.15) is 123 Å². The molecule has 0 aliphatic carbocycles. The number of rotatable bonds is 13. The van der Waals surface area contributed by atoms with Gasteiger partial charge in [-0.3, -0.25) is 14.5 Å². The number of carbonyl (C=O) groups excluding carboxylic acids is 1. The first-order valence-corrected chi connectivity index (χ1v) is 24.6. The molecule has 1 amide bonds. The third-order valence-corrected chi connectivity index (χ3v) is 9.42. The van der Waals surface area contributed by atoms with Gasteiger partial charge in [0.15, 0.2) is 14.9 Å². The van der Waals surface area contributed by atoms with Crippen LogP contribution in [0.5, 0.6) is 5.88 Å². The van der Waals surface area contributed by atoms with E-state index in [1.54, 1.807) is 43.0 Å². The van der Waals surface area contributed by atoms with Gasteiger partial charge < -0.3 is 15.2 Å². The highest BCUT2D eigenvalue weighted by atomic mass is 32.2. The van der Waals surface area contributed by atoms with Gasteiger partial charge in [0.2, 0.25) is 15.9 Å². The Balaban J connectivity index is 0.000000422. The third-order valence-electron chi connectivity index (χ3n) is 7.84. The Morgan fingerprint density at radius 1 is 0.651 bits per heavy atom. The van der Waals surface area contributed by atoms with Crippen molar-refractivity contribution in [1.29, 1.82) is 0 Å². The number of pyridine rings is 4. The van der Waals surface area contributed by atoms with E-state index in [0.717, 1.165) is 48.6 Å². The van der Waals surface area contributed by atoms with Crippen LogP contribution in [0.4, 0.5) is 5.82 Å². The Bertz CT molecular complexity index is 2250. The Hall–Kier alpha value is -4.89. The molecule has 3 N–H and O–H groups in total. The predicted molar refractivity (Wildman–Crippen MR) is 256 cm³/mol. The lowest BCUT2D eigenvalue weighted by atomic mass is 9.88. The zero-order chi connectivity index (χ0) is 48.5. The first kappa shape index (κ1) is 56.1. The van der Waals surface area contributed by atoms with E-state index in [1.165, 1.54) is 11.8 Å². The van der Waals surface area contributed by atoms with Crippen molar-refractivity contribution in [3.8, 4) is 5.88 Å². The molecule has 0 atom stereocenters. The normalized spacial score (nSPS) is 11.9. The van der Waals surface area contributed by atoms with Crippen LogP contribution in [0, 0.1) is 21.7 Å². The quantitative estimate of drug-likeness (QED) is 0.121. The Labute approximate surface area is 379 Å². The summed E-state index contributed by atoms with van der Waals surface area (Å²) >= 11 is 0. The maximum Gasteiger partial charge on any atom is 0.267 e. The lowest BCUT2D eigenvalue weighted by Crippen LogP contribution is -2.15. The van der Waals surface area contributed by atoms with Gasteiger partial charge in [0, 0.05) is 37.1 Å². The van der Waals surface area contributed by atoms with Crippen molar-refractivity contribution >= 4 is 31.6 Å². The SMILES string of the molecule is C=C(COc1cc(CC(C)(C)C)ccn1)OCC.CC(C)(C)Cc1ccc(NS(C)(=O)=O)nc1.CC(C)(C)Cc1ccc(S(C)(=O)=O)nc1.CC(C)(C)Cc1ccnc(C(N)=O)c1. The summed E-state index contributed by atoms with van der Waals surface area (Å²) in [7, 11) is -6.41. The van der Waals surface area contributed by atoms with Crippen LogP contribution in [-0.2, 0) is 50.3 Å². The lowest BCUT2D eigenvalue weighted by molar-refractivity contribution is 0.0995. The minimum absolute atomic E-state index is 0.139. The van der Waals surface area contributed by atoms with Gasteiger partial charge in [-0.1, -0.05) is 102 Å². The number of carbonyl (C=O) groups is 1. The molecule has 0 unspecified atom stereocenters. The summed E-state index contributed by atoms with van der Waals surface area (Å²) in [4.78, 5) is 27.0. The number of aromatic nitrogens is 4. The summed E-state index contributed by atoms with van der Waals surface area (Å²) in [6.45, 7) is 32.6. The van der Waals surface area contributed by atoms with Gasteiger partial charge in [-0.15, -0.1) is 0 Å². The minimum Gasteiger partial charge on any atom is -0.495 e. The van der Waals surface area contributed by atoms with Gasteiger partial charge in [0.25, 0.3) is 5.91 Å². The highest BCUT2D eigenvalue weighted by Gasteiger charge is 2.16. The number of primary amides is 1. The van der Waals surface area contributed by atoms with Crippen molar-refractivity contribution in [3.63, 3.8) is 0 Å². The molecule has 350 valence electrons. The van der Waals surface area contributed by atoms with Crippen LogP contribution in [0.25, 0.3) is 0 Å². The molecule has 4 heterocycles. The number of hydrogen-bond donors (Lipinski definition) is 2. The Kier molecular flexibility index (Phi) is 21.6. The second-order valence-electron chi connectivity index (χ2n) is 20.3. The lowest BCUT2D eigenvalue weighted by Gasteiger charge is -2.18. The summed E-state index contributed by atoms with van der Waals surface area (Å²) in [5, 5.41) is 0.139. The average molecular weight is 911 g/mol. The number of ether oxygens (including phenoxy) is 2. The summed E-state index contributed by atoms with van der Waals surface area (Å²) < 4.78 is 57.4. The molecule has 4 rings (SSSR count). The zero-order valence-corrected chi connectivity index (χ0v) is 42.1. The molecule has 0 aliphatic heterocycles. The third kappa shape index (κ3) is 28.4. The monoisotopic (exact) mass is 911 g/mol. The topological polar surface area (TPSA) is 193 Å². The van der Waals surface area contributed by atoms with Crippen molar-refractivity contribution in [3.05, 3.63) is 114 Å². The fourth-order valence-corrected chi connectivity index (χ4v) is 6.78. The molecule has 0 saturated heterocycles. The Morgan fingerprint density at radius 2 is 1.11 bits per heavy atom. The van der Waals surface area contributed by atoms with Crippen molar-refractivity contribution in [2.24, 2.45) is 27.4 Å². The van der Waals surface area contributed by atoms with Crippen molar-refractivity contribution in [2.75, 3.05) is 30.4 Å². The number of sulfone groups is 1. The maximum absolute atomic E-state index is 11.2. The second-order valence-corrected chi connectivity index (χ2v) is 24.0. The van der Waals surface area contributed by atoms with Crippen molar-refractivity contribution < 1.29 is 31.1 Å². The van der Waals surface area contributed by atoms with Crippen molar-refractivity contribution in [2.45, 2.75) is 121 Å². The second kappa shape index (κ2) is 24.2. The molecule has 0 spiro atoms. The number of sulfonamides is 1. The van der Waals surface area contributed by atoms with Crippen LogP contribution < -0.4 is 15.2 Å². The van der Waals surface area contributed by atoms with Crippen LogP contribution in [0.15, 0.2) is 90.7 Å². The van der Waals surface area contributed by atoms with Crippen LogP contribution in [0.3, 0.4) is 0 Å². The van der Waals surface area contributed by atoms with E-state index in [-0.39, 0.29) is 26.7 Å². The molecular formula is C48H74N6O7S2. The van der Waals surface area contributed by atoms with E-state index in [0.29, 0.717) is 36.4 Å². The highest BCUT2D eigenvalue weighted by molar-refractivity contribution is 7.92. The minimum atomic E-state index is -3.24. The van der Waals surface area contributed by atoms with Gasteiger partial charge in [-0.05, 0) is 107 Å². The zero-order valence-electron chi connectivity index (χ0n) is 40.4. The summed E-state index contributed by atoms with van der Waals surface area (Å²) in [5.74, 6) is 1.14. The fourth-order valence-electron chi connectivity index (χ4n) is 5.72. The van der Waals surface area contributed by atoms with E-state index in [4.69, 9.17) is 15.2 Å². The van der Waals surface area contributed by atoms with Crippen molar-refractivity contribution in [1.82, 2.24) is 19.9 Å². The highest BCUT2D eigenvalue weighted by Crippen LogP contribution is 2.24. The molecule has 0 radical (unpaired) electrons. The molecule has 0 bridgehead atoms. The molecule has 13 nitrogen and oxygen atoms in total. The van der Waals surface area contributed by atoms with Gasteiger partial charge in [0.05, 0.1) is 12.9 Å². The molecule has 0 aromatic carbocycles. The van der Waals surface area contributed by atoms with Crippen LogP contribution in [0.2, 0.25) is 0 Å². The summed E-state index contributed by atoms with van der Waals surface area (Å²) in [5.41, 5.74) is 10.8. The van der Waals surface area contributed by atoms with E-state index in [1.807, 2.05) is 37.3 Å². The first-order valence-electron chi connectivity index (χ1n) is 20.8. The van der Waals surface area contributed by atoms with Gasteiger partial charge in [-0.25, -0.2) is 31.8 Å². The molecule has 0 aliphatic rings. The van der Waals surface area contributed by atoms with E-state index in [9.17, 15) is 21.6 Å². The fraction of sp³-hybridized carbons (Fsp3) is 0.521. The molecule has 15 heteroatoms. The molecule has 4 aromatic rings. The first-order chi connectivity index (χ1) is 28.6. The standard InChI is InChI=1S/C15H23NO2.C11H18N2O2S.C11H16N2O.C11H17NO2S/c1-6-17-12(2)11-18-14-9-13(7-8-16-14)10-15(3,4)5;1-11(2,3)7-9-5-6-10(12-8-9)13-16(4,14)15;1-11(2,3)7-8-4-5-13-9(6-8)10(12)14;1-11(2,3)7-9-5-6-10(12-8-9)15(4,13)14/h7-9H,2,6,10-11H2,1,3-5H3;5-6,8H,7H2,1-4H3,(H,12,13);4-6H,7H2,1-3H3,(H2,12,14);5-6,8H,7H2,1-4H3. The molecule has 63 heavy (non-hydrogen) atoms. The number of amides is 1. The number of nitrogens with two attached hydrogens (primary N) is 1. The number of nitrogens with zero attached hydrogens (tertiary/aromatic N) is 4. The number of hydrogen-bond acceptors (Lipinski definition) is 11. The summed E-state index contributed by atoms with van der Waals surface area (Å²) in [6.07, 6.45) is 12.7.